The van der Waals surface area contributed by atoms with Crippen molar-refractivity contribution in [3.63, 3.8) is 0 Å². The van der Waals surface area contributed by atoms with E-state index in [1.54, 1.807) is 0 Å². The van der Waals surface area contributed by atoms with E-state index in [1.165, 1.54) is 0 Å². The number of hydrogen-bond acceptors (Lipinski definition) is 3. The van der Waals surface area contributed by atoms with E-state index in [2.05, 4.69) is 5.32 Å². The van der Waals surface area contributed by atoms with E-state index in [0.29, 0.717) is 6.54 Å². The van der Waals surface area contributed by atoms with E-state index in [1.807, 2.05) is 13.8 Å². The molecular weight excluding hydrogens is 192 g/mol. The fraction of sp³-hybridized carbons (Fsp3) is 0.909. The highest BCUT2D eigenvalue weighted by Gasteiger charge is 2.35. The van der Waals surface area contributed by atoms with Crippen molar-refractivity contribution >= 4 is 5.91 Å². The number of carbonyl (C=O) groups is 1. The van der Waals surface area contributed by atoms with Crippen molar-refractivity contribution in [3.8, 4) is 0 Å². The van der Waals surface area contributed by atoms with Gasteiger partial charge in [-0.1, -0.05) is 20.3 Å². The maximum atomic E-state index is 11.6. The van der Waals surface area contributed by atoms with Gasteiger partial charge in [-0.25, -0.2) is 0 Å². The summed E-state index contributed by atoms with van der Waals surface area (Å²) in [6, 6.07) is -0.460. The van der Waals surface area contributed by atoms with Crippen LogP contribution in [0.1, 0.15) is 39.5 Å². The number of nitrogens with two attached hydrogens (primary N) is 1. The van der Waals surface area contributed by atoms with Crippen LogP contribution >= 0.6 is 0 Å². The Morgan fingerprint density at radius 2 is 2.20 bits per heavy atom. The fourth-order valence-electron chi connectivity index (χ4n) is 1.64. The van der Waals surface area contributed by atoms with Crippen LogP contribution in [-0.2, 0) is 4.79 Å². The van der Waals surface area contributed by atoms with Crippen molar-refractivity contribution in [3.05, 3.63) is 0 Å². The van der Waals surface area contributed by atoms with Gasteiger partial charge in [-0.2, -0.15) is 0 Å². The van der Waals surface area contributed by atoms with Gasteiger partial charge in [0.2, 0.25) is 5.91 Å². The molecular formula is C11H22N2O2. The summed E-state index contributed by atoms with van der Waals surface area (Å²) < 4.78 is 0. The number of amides is 1. The van der Waals surface area contributed by atoms with Gasteiger partial charge in [-0.3, -0.25) is 4.79 Å². The summed E-state index contributed by atoms with van der Waals surface area (Å²) in [6.45, 7) is 4.32. The van der Waals surface area contributed by atoms with Gasteiger partial charge < -0.3 is 16.2 Å². The number of carbonyl (C=O) groups excluding carboxylic acids is 1. The molecule has 0 aromatic carbocycles. The zero-order chi connectivity index (χ0) is 11.5. The van der Waals surface area contributed by atoms with Crippen LogP contribution in [0.4, 0.5) is 0 Å². The molecule has 1 aliphatic rings. The van der Waals surface area contributed by atoms with Crippen molar-refractivity contribution in [1.29, 1.82) is 0 Å². The highest BCUT2D eigenvalue weighted by molar-refractivity contribution is 5.81. The monoisotopic (exact) mass is 214 g/mol. The largest absolute Gasteiger partial charge is 0.388 e. The van der Waals surface area contributed by atoms with Crippen molar-refractivity contribution in [1.82, 2.24) is 5.32 Å². The fourth-order valence-corrected chi connectivity index (χ4v) is 1.64. The molecule has 0 radical (unpaired) electrons. The number of hydrogen-bond donors (Lipinski definition) is 3. The van der Waals surface area contributed by atoms with Crippen LogP contribution in [0.3, 0.4) is 0 Å². The molecule has 1 amide bonds. The normalized spacial score (nSPS) is 22.7. The van der Waals surface area contributed by atoms with Gasteiger partial charge in [0.1, 0.15) is 0 Å². The van der Waals surface area contributed by atoms with Crippen LogP contribution in [0.25, 0.3) is 0 Å². The Hall–Kier alpha value is -0.610. The summed E-state index contributed by atoms with van der Waals surface area (Å²) in [5.41, 5.74) is 5.10. The van der Waals surface area contributed by atoms with Gasteiger partial charge >= 0.3 is 0 Å². The lowest BCUT2D eigenvalue weighted by Crippen LogP contribution is -2.52. The maximum Gasteiger partial charge on any atom is 0.237 e. The van der Waals surface area contributed by atoms with E-state index < -0.39 is 11.6 Å². The molecule has 4 N–H and O–H groups in total. The second kappa shape index (κ2) is 4.94. The van der Waals surface area contributed by atoms with Crippen LogP contribution in [-0.4, -0.2) is 29.2 Å². The second-order valence-electron chi connectivity index (χ2n) is 4.71. The minimum atomic E-state index is -0.662. The average Bonchev–Trinajstić information content (AvgIpc) is 2.20. The predicted molar refractivity (Wildman–Crippen MR) is 59.2 cm³/mol. The molecule has 0 bridgehead atoms. The van der Waals surface area contributed by atoms with Crippen molar-refractivity contribution in [2.24, 2.45) is 11.7 Å². The minimum Gasteiger partial charge on any atom is -0.388 e. The smallest absolute Gasteiger partial charge is 0.237 e. The molecule has 0 aromatic rings. The summed E-state index contributed by atoms with van der Waals surface area (Å²) in [4.78, 5) is 11.6. The van der Waals surface area contributed by atoms with Crippen LogP contribution in [0.2, 0.25) is 0 Å². The standard InChI is InChI=1S/C11H22N2O2/c1-3-8(2)9(12)10(14)13-7-11(15)5-4-6-11/h8-9,15H,3-7,12H2,1-2H3,(H,13,14)/t8?,9-/m0/s1. The van der Waals surface area contributed by atoms with E-state index >= 15 is 0 Å². The minimum absolute atomic E-state index is 0.148. The van der Waals surface area contributed by atoms with Gasteiger partial charge in [-0.15, -0.1) is 0 Å². The SMILES string of the molecule is CCC(C)[C@H](N)C(=O)NCC1(O)CCC1. The molecule has 1 fully saturated rings. The molecule has 4 heteroatoms. The maximum absolute atomic E-state index is 11.6. The Bertz CT molecular complexity index is 227. The quantitative estimate of drug-likeness (QED) is 0.619. The molecule has 0 aliphatic heterocycles. The highest BCUT2D eigenvalue weighted by atomic mass is 16.3. The second-order valence-corrected chi connectivity index (χ2v) is 4.71. The molecule has 1 unspecified atom stereocenters. The first-order valence-electron chi connectivity index (χ1n) is 5.74. The molecule has 1 saturated carbocycles. The molecule has 0 aromatic heterocycles. The Morgan fingerprint density at radius 3 is 2.60 bits per heavy atom. The van der Waals surface area contributed by atoms with Crippen molar-refractivity contribution in [2.45, 2.75) is 51.2 Å². The molecule has 0 heterocycles. The number of rotatable bonds is 5. The highest BCUT2D eigenvalue weighted by Crippen LogP contribution is 2.30. The van der Waals surface area contributed by atoms with Crippen LogP contribution in [0.15, 0.2) is 0 Å². The van der Waals surface area contributed by atoms with Crippen LogP contribution in [0.5, 0.6) is 0 Å². The van der Waals surface area contributed by atoms with Gasteiger partial charge in [0, 0.05) is 6.54 Å². The van der Waals surface area contributed by atoms with Crippen LogP contribution in [0, 0.1) is 5.92 Å². The molecule has 1 aliphatic carbocycles. The third kappa shape index (κ3) is 3.18. The molecule has 88 valence electrons. The Kier molecular flexibility index (Phi) is 4.11. The first kappa shape index (κ1) is 12.5. The van der Waals surface area contributed by atoms with Crippen molar-refractivity contribution in [2.75, 3.05) is 6.54 Å². The summed E-state index contributed by atoms with van der Waals surface area (Å²) in [7, 11) is 0. The van der Waals surface area contributed by atoms with E-state index in [-0.39, 0.29) is 11.8 Å². The first-order chi connectivity index (χ1) is 6.98. The third-order valence-corrected chi connectivity index (χ3v) is 3.44. The molecule has 0 spiro atoms. The lowest BCUT2D eigenvalue weighted by atomic mass is 9.80. The summed E-state index contributed by atoms with van der Waals surface area (Å²) in [5.74, 6) is 0.0331. The van der Waals surface area contributed by atoms with Gasteiger partial charge in [-0.05, 0) is 25.2 Å². The van der Waals surface area contributed by atoms with E-state index in [4.69, 9.17) is 5.73 Å². The van der Waals surface area contributed by atoms with Gasteiger partial charge in [0.05, 0.1) is 11.6 Å². The van der Waals surface area contributed by atoms with Gasteiger partial charge in [0.15, 0.2) is 0 Å². The molecule has 1 rings (SSSR count). The topological polar surface area (TPSA) is 75.4 Å². The summed E-state index contributed by atoms with van der Waals surface area (Å²) in [6.07, 6.45) is 3.50. The van der Waals surface area contributed by atoms with E-state index in [9.17, 15) is 9.90 Å². The zero-order valence-corrected chi connectivity index (χ0v) is 9.62. The predicted octanol–water partition coefficient (Wildman–Crippen LogP) is 0.391. The summed E-state index contributed by atoms with van der Waals surface area (Å²) in [5, 5.41) is 12.5. The third-order valence-electron chi connectivity index (χ3n) is 3.44. The van der Waals surface area contributed by atoms with Crippen molar-refractivity contribution < 1.29 is 9.90 Å². The Labute approximate surface area is 91.2 Å². The number of nitrogens with one attached hydrogen (secondary N) is 1. The Balaban J connectivity index is 2.29. The zero-order valence-electron chi connectivity index (χ0n) is 9.62. The van der Waals surface area contributed by atoms with E-state index in [0.717, 1.165) is 25.7 Å². The molecule has 2 atom stereocenters. The molecule has 15 heavy (non-hydrogen) atoms. The Morgan fingerprint density at radius 1 is 1.60 bits per heavy atom. The first-order valence-corrected chi connectivity index (χ1v) is 5.74. The summed E-state index contributed by atoms with van der Waals surface area (Å²) >= 11 is 0. The lowest BCUT2D eigenvalue weighted by molar-refractivity contribution is -0.125. The average molecular weight is 214 g/mol. The number of aliphatic hydroxyl groups is 1. The lowest BCUT2D eigenvalue weighted by Gasteiger charge is -2.37. The van der Waals surface area contributed by atoms with Gasteiger partial charge in [0.25, 0.3) is 0 Å². The van der Waals surface area contributed by atoms with Crippen LogP contribution < -0.4 is 11.1 Å². The molecule has 0 saturated heterocycles. The molecule has 4 nitrogen and oxygen atoms in total.